The second-order valence-electron chi connectivity index (χ2n) is 4.57. The van der Waals surface area contributed by atoms with E-state index in [1.807, 2.05) is 6.92 Å². The highest BCUT2D eigenvalue weighted by molar-refractivity contribution is 7.85. The van der Waals surface area contributed by atoms with Crippen LogP contribution in [0.5, 0.6) is 0 Å². The van der Waals surface area contributed by atoms with Gasteiger partial charge in [0.15, 0.2) is 0 Å². The maximum atomic E-state index is 12.8. The molecule has 0 aromatic rings. The van der Waals surface area contributed by atoms with Gasteiger partial charge in [-0.2, -0.15) is 8.42 Å². The average Bonchev–Trinajstić information content (AvgIpc) is 2.37. The summed E-state index contributed by atoms with van der Waals surface area (Å²) in [4.78, 5) is 0. The first-order chi connectivity index (χ1) is 9.30. The van der Waals surface area contributed by atoms with E-state index < -0.39 is 17.8 Å². The Hall–Kier alpha value is 0.310. The first kappa shape index (κ1) is 18.4. The van der Waals surface area contributed by atoms with Crippen LogP contribution in [0.3, 0.4) is 0 Å². The molecule has 0 aliphatic carbocycles. The minimum absolute atomic E-state index is 0.0720. The molecule has 1 saturated heterocycles. The van der Waals surface area contributed by atoms with Gasteiger partial charge in [0.2, 0.25) is 0 Å². The number of rotatable bonds is 8. The summed E-state index contributed by atoms with van der Waals surface area (Å²) < 4.78 is 46.6. The summed E-state index contributed by atoms with van der Waals surface area (Å²) >= 11 is 5.70. The molecule has 2 atom stereocenters. The third-order valence-electron chi connectivity index (χ3n) is 2.86. The summed E-state index contributed by atoms with van der Waals surface area (Å²) in [5, 5.41) is 2.90. The molecule has 0 aromatic carbocycles. The molecular weight excluding hydrogens is 327 g/mol. The molecule has 2 unspecified atom stereocenters. The molecule has 0 radical (unpaired) electrons. The van der Waals surface area contributed by atoms with Crippen LogP contribution in [0.2, 0.25) is 0 Å². The normalized spacial score (nSPS) is 26.6. The molecule has 1 aliphatic heterocycles. The van der Waals surface area contributed by atoms with Crippen molar-refractivity contribution in [2.24, 2.45) is 0 Å². The molecule has 10 heteroatoms. The highest BCUT2D eigenvalue weighted by Gasteiger charge is 2.36. The van der Waals surface area contributed by atoms with Crippen LogP contribution in [0, 0.1) is 0 Å². The first-order valence-electron chi connectivity index (χ1n) is 6.49. The Kier molecular flexibility index (Phi) is 7.41. The monoisotopic (exact) mass is 348 g/mol. The predicted molar refractivity (Wildman–Crippen MR) is 78.5 cm³/mol. The molecule has 0 spiro atoms. The Bertz CT molecular complexity index is 445. The van der Waals surface area contributed by atoms with E-state index >= 15 is 0 Å². The Morgan fingerprint density at radius 2 is 2.25 bits per heavy atom. The average molecular weight is 349 g/mol. The van der Waals surface area contributed by atoms with Crippen molar-refractivity contribution in [1.29, 1.82) is 0 Å². The molecule has 1 N–H and O–H groups in total. The number of nitrogens with one attached hydrogen (secondary N) is 1. The Balaban J connectivity index is 2.67. The minimum atomic E-state index is -3.52. The summed E-state index contributed by atoms with van der Waals surface area (Å²) in [7, 11) is -6.69. The van der Waals surface area contributed by atoms with Gasteiger partial charge in [-0.3, -0.25) is 8.75 Å². The molecule has 7 nitrogen and oxygen atoms in total. The number of hydrogen-bond acceptors (Lipinski definition) is 5. The van der Waals surface area contributed by atoms with Crippen LogP contribution in [0.1, 0.15) is 19.8 Å². The lowest BCUT2D eigenvalue weighted by Crippen LogP contribution is -2.41. The SMILES string of the molecule is CCC(COS(C)(=O)=O)NP1(=O)OCCCN1CCCl. The zero-order chi connectivity index (χ0) is 15.2. The van der Waals surface area contributed by atoms with Crippen molar-refractivity contribution in [3.05, 3.63) is 0 Å². The summed E-state index contributed by atoms with van der Waals surface area (Å²) in [6.07, 6.45) is 2.34. The minimum Gasteiger partial charge on any atom is -0.306 e. The van der Waals surface area contributed by atoms with Gasteiger partial charge in [0.25, 0.3) is 10.1 Å². The second-order valence-corrected chi connectivity index (χ2v) is 8.72. The Morgan fingerprint density at radius 1 is 1.55 bits per heavy atom. The molecule has 1 rings (SSSR count). The van der Waals surface area contributed by atoms with Crippen molar-refractivity contribution < 1.29 is 21.7 Å². The van der Waals surface area contributed by atoms with Crippen LogP contribution in [-0.2, 0) is 23.4 Å². The molecule has 20 heavy (non-hydrogen) atoms. The van der Waals surface area contributed by atoms with E-state index in [0.717, 1.165) is 12.7 Å². The van der Waals surface area contributed by atoms with Crippen LogP contribution >= 0.6 is 19.3 Å². The number of halogens is 1. The predicted octanol–water partition coefficient (Wildman–Crippen LogP) is 1.40. The van der Waals surface area contributed by atoms with Crippen LogP contribution < -0.4 is 5.09 Å². The quantitative estimate of drug-likeness (QED) is 0.403. The van der Waals surface area contributed by atoms with Crippen LogP contribution in [0.15, 0.2) is 0 Å². The fraction of sp³-hybridized carbons (Fsp3) is 1.00. The third kappa shape index (κ3) is 5.97. The Morgan fingerprint density at radius 3 is 2.80 bits per heavy atom. The summed E-state index contributed by atoms with van der Waals surface area (Å²) in [6.45, 7) is 3.28. The van der Waals surface area contributed by atoms with E-state index in [1.165, 1.54) is 0 Å². The molecule has 1 fully saturated rings. The van der Waals surface area contributed by atoms with Gasteiger partial charge in [0, 0.05) is 25.0 Å². The van der Waals surface area contributed by atoms with Gasteiger partial charge in [-0.1, -0.05) is 6.92 Å². The maximum Gasteiger partial charge on any atom is 0.343 e. The topological polar surface area (TPSA) is 84.9 Å². The number of nitrogens with zero attached hydrogens (tertiary/aromatic N) is 1. The fourth-order valence-corrected chi connectivity index (χ4v) is 4.79. The standard InChI is InChI=1S/C10H22ClN2O5PS/c1-3-10(9-18-20(2,15)16)12-19(14)13(7-5-11)6-4-8-17-19/h10H,3-9H2,1-2H3,(H,12,14). The molecular formula is C10H22ClN2O5PS. The summed E-state index contributed by atoms with van der Waals surface area (Å²) in [5.41, 5.74) is 0. The van der Waals surface area contributed by atoms with Crippen molar-refractivity contribution in [3.63, 3.8) is 0 Å². The molecule has 0 aromatic heterocycles. The summed E-state index contributed by atoms with van der Waals surface area (Å²) in [6, 6.07) is -0.369. The van der Waals surface area contributed by atoms with Crippen LogP contribution in [0.4, 0.5) is 0 Å². The second kappa shape index (κ2) is 8.08. The lowest BCUT2D eigenvalue weighted by Gasteiger charge is -2.36. The van der Waals surface area contributed by atoms with Crippen molar-refractivity contribution >= 4 is 29.4 Å². The number of hydrogen-bond donors (Lipinski definition) is 1. The van der Waals surface area contributed by atoms with E-state index in [0.29, 0.717) is 32.0 Å². The highest BCUT2D eigenvalue weighted by atomic mass is 35.5. The molecule has 1 aliphatic rings. The number of alkyl halides is 1. The fourth-order valence-electron chi connectivity index (χ4n) is 1.79. The molecule has 0 amide bonds. The van der Waals surface area contributed by atoms with Crippen LogP contribution in [0.25, 0.3) is 0 Å². The lowest BCUT2D eigenvalue weighted by molar-refractivity contribution is 0.192. The van der Waals surface area contributed by atoms with Crippen LogP contribution in [-0.4, -0.2) is 57.6 Å². The van der Waals surface area contributed by atoms with Gasteiger partial charge in [0.05, 0.1) is 19.5 Å². The van der Waals surface area contributed by atoms with E-state index in [9.17, 15) is 13.0 Å². The highest BCUT2D eigenvalue weighted by Crippen LogP contribution is 2.49. The molecule has 120 valence electrons. The van der Waals surface area contributed by atoms with Gasteiger partial charge >= 0.3 is 7.67 Å². The van der Waals surface area contributed by atoms with Crippen molar-refractivity contribution in [2.45, 2.75) is 25.8 Å². The van der Waals surface area contributed by atoms with Gasteiger partial charge in [-0.25, -0.2) is 9.76 Å². The van der Waals surface area contributed by atoms with Crippen molar-refractivity contribution in [1.82, 2.24) is 9.76 Å². The molecule has 0 bridgehead atoms. The molecule has 0 saturated carbocycles. The smallest absolute Gasteiger partial charge is 0.306 e. The van der Waals surface area contributed by atoms with E-state index in [-0.39, 0.29) is 12.6 Å². The van der Waals surface area contributed by atoms with Gasteiger partial charge < -0.3 is 4.52 Å². The van der Waals surface area contributed by atoms with Crippen molar-refractivity contribution in [2.75, 3.05) is 38.4 Å². The van der Waals surface area contributed by atoms with E-state index in [1.54, 1.807) is 4.67 Å². The zero-order valence-electron chi connectivity index (χ0n) is 11.7. The maximum absolute atomic E-state index is 12.8. The van der Waals surface area contributed by atoms with Gasteiger partial charge in [-0.15, -0.1) is 11.6 Å². The van der Waals surface area contributed by atoms with E-state index in [4.69, 9.17) is 20.3 Å². The van der Waals surface area contributed by atoms with Crippen molar-refractivity contribution in [3.8, 4) is 0 Å². The zero-order valence-corrected chi connectivity index (χ0v) is 14.2. The molecule has 1 heterocycles. The third-order valence-corrected chi connectivity index (χ3v) is 5.97. The first-order valence-corrected chi connectivity index (χ1v) is 10.4. The lowest BCUT2D eigenvalue weighted by atomic mass is 10.3. The Labute approximate surface area is 125 Å². The summed E-state index contributed by atoms with van der Waals surface area (Å²) in [5.74, 6) is 0.353. The largest absolute Gasteiger partial charge is 0.343 e. The van der Waals surface area contributed by atoms with E-state index in [2.05, 4.69) is 5.09 Å². The van der Waals surface area contributed by atoms with Gasteiger partial charge in [0.1, 0.15) is 0 Å². The van der Waals surface area contributed by atoms with Gasteiger partial charge in [-0.05, 0) is 12.8 Å².